The Balaban J connectivity index is 2.75. The minimum atomic E-state index is -3.87. The van der Waals surface area contributed by atoms with Crippen molar-refractivity contribution in [3.63, 3.8) is 0 Å². The molecule has 0 aliphatic heterocycles. The number of nitrogens with one attached hydrogen (secondary N) is 1. The molecule has 5 nitrogen and oxygen atoms in total. The minimum absolute atomic E-state index is 0.183. The van der Waals surface area contributed by atoms with Gasteiger partial charge in [0, 0.05) is 12.4 Å². The Bertz CT molecular complexity index is 288. The Hall–Kier alpha value is -1.01. The summed E-state index contributed by atoms with van der Waals surface area (Å²) in [6.45, 7) is 0. The van der Waals surface area contributed by atoms with E-state index in [0.717, 1.165) is 0 Å². The van der Waals surface area contributed by atoms with Crippen LogP contribution in [-0.2, 0) is 10.3 Å². The molecule has 10 heavy (non-hydrogen) atoms. The lowest BCUT2D eigenvalue weighted by molar-refractivity contribution is 0.488. The van der Waals surface area contributed by atoms with E-state index in [9.17, 15) is 8.42 Å². The van der Waals surface area contributed by atoms with E-state index in [1.807, 2.05) is 0 Å². The zero-order valence-corrected chi connectivity index (χ0v) is 5.76. The molecule has 1 aromatic rings. The molecule has 0 fully saturated rings. The molecule has 0 aliphatic rings. The van der Waals surface area contributed by atoms with Gasteiger partial charge in [-0.2, -0.15) is 13.6 Å². The molecule has 0 spiro atoms. The first-order valence-corrected chi connectivity index (χ1v) is 3.90. The molecule has 0 bridgehead atoms. The topological polar surface area (TPSA) is 85.2 Å². The van der Waals surface area contributed by atoms with Gasteiger partial charge in [-0.25, -0.2) is 0 Å². The fourth-order valence-corrected chi connectivity index (χ4v) is 0.866. The number of aromatic amines is 1. The van der Waals surface area contributed by atoms with Gasteiger partial charge in [0.2, 0.25) is 0 Å². The van der Waals surface area contributed by atoms with Crippen molar-refractivity contribution >= 4 is 10.3 Å². The van der Waals surface area contributed by atoms with Crippen LogP contribution >= 0.6 is 0 Å². The second kappa shape index (κ2) is 2.31. The van der Waals surface area contributed by atoms with Gasteiger partial charge >= 0.3 is 10.3 Å². The molecule has 1 aromatic heterocycles. The van der Waals surface area contributed by atoms with Crippen molar-refractivity contribution in [1.82, 2.24) is 4.98 Å². The van der Waals surface area contributed by atoms with Crippen LogP contribution in [0.25, 0.3) is 0 Å². The molecule has 0 amide bonds. The SMILES string of the molecule is NS(=O)(=O)Oc1cc[nH]c1. The largest absolute Gasteiger partial charge is 0.380 e. The van der Waals surface area contributed by atoms with E-state index in [0.29, 0.717) is 0 Å². The summed E-state index contributed by atoms with van der Waals surface area (Å²) in [4.78, 5) is 2.61. The third-order valence-corrected chi connectivity index (χ3v) is 1.21. The molecular formula is C4H6N2O3S. The van der Waals surface area contributed by atoms with Crippen LogP contribution in [0.5, 0.6) is 5.75 Å². The normalized spacial score (nSPS) is 11.3. The maximum Gasteiger partial charge on any atom is 0.380 e. The summed E-state index contributed by atoms with van der Waals surface area (Å²) < 4.78 is 24.7. The van der Waals surface area contributed by atoms with Gasteiger partial charge < -0.3 is 9.17 Å². The standard InChI is InChI=1S/C4H6N2O3S/c5-10(7,8)9-4-1-2-6-3-4/h1-3,6H,(H2,5,7,8). The highest BCUT2D eigenvalue weighted by Crippen LogP contribution is 2.07. The van der Waals surface area contributed by atoms with Gasteiger partial charge in [0.05, 0.1) is 0 Å². The van der Waals surface area contributed by atoms with Crippen LogP contribution in [0.2, 0.25) is 0 Å². The maximum absolute atomic E-state index is 10.2. The molecule has 0 atom stereocenters. The average Bonchev–Trinajstić information content (AvgIpc) is 2.12. The Morgan fingerprint density at radius 2 is 2.30 bits per heavy atom. The maximum atomic E-state index is 10.2. The van der Waals surface area contributed by atoms with Crippen LogP contribution in [0.3, 0.4) is 0 Å². The second-order valence-corrected chi connectivity index (χ2v) is 2.78. The zero-order valence-electron chi connectivity index (χ0n) is 4.94. The van der Waals surface area contributed by atoms with Crippen molar-refractivity contribution < 1.29 is 12.6 Å². The van der Waals surface area contributed by atoms with Crippen molar-refractivity contribution in [2.24, 2.45) is 5.14 Å². The Kier molecular flexibility index (Phi) is 1.64. The van der Waals surface area contributed by atoms with Gasteiger partial charge in [-0.1, -0.05) is 0 Å². The van der Waals surface area contributed by atoms with Gasteiger partial charge in [0.15, 0.2) is 5.75 Å². The van der Waals surface area contributed by atoms with Crippen LogP contribution in [0.15, 0.2) is 18.5 Å². The molecule has 3 N–H and O–H groups in total. The molecule has 0 aromatic carbocycles. The first kappa shape index (κ1) is 7.10. The predicted molar refractivity (Wildman–Crippen MR) is 34.5 cm³/mol. The van der Waals surface area contributed by atoms with Crippen LogP contribution in [0.4, 0.5) is 0 Å². The molecule has 0 unspecified atom stereocenters. The number of H-pyrrole nitrogens is 1. The number of hydrogen-bond acceptors (Lipinski definition) is 3. The summed E-state index contributed by atoms with van der Waals surface area (Å²) in [5, 5.41) is 4.56. The third-order valence-electron chi connectivity index (χ3n) is 0.782. The van der Waals surface area contributed by atoms with E-state index in [-0.39, 0.29) is 5.75 Å². The zero-order chi connectivity index (χ0) is 7.61. The van der Waals surface area contributed by atoms with E-state index in [1.54, 1.807) is 0 Å². The summed E-state index contributed by atoms with van der Waals surface area (Å²) in [5.74, 6) is 0.183. The molecule has 6 heteroatoms. The Morgan fingerprint density at radius 1 is 1.60 bits per heavy atom. The second-order valence-electron chi connectivity index (χ2n) is 1.62. The summed E-state index contributed by atoms with van der Waals surface area (Å²) in [5.41, 5.74) is 0. The van der Waals surface area contributed by atoms with E-state index in [1.165, 1.54) is 18.5 Å². The molecule has 1 rings (SSSR count). The highest BCUT2D eigenvalue weighted by atomic mass is 32.2. The number of rotatable bonds is 2. The van der Waals surface area contributed by atoms with Crippen LogP contribution in [0.1, 0.15) is 0 Å². The first-order valence-electron chi connectivity index (χ1n) is 2.43. The van der Waals surface area contributed by atoms with Gasteiger partial charge in [-0.15, -0.1) is 0 Å². The van der Waals surface area contributed by atoms with Crippen molar-refractivity contribution in [3.05, 3.63) is 18.5 Å². The fourth-order valence-electron chi connectivity index (χ4n) is 0.495. The van der Waals surface area contributed by atoms with Crippen LogP contribution in [-0.4, -0.2) is 13.4 Å². The molecule has 0 radical (unpaired) electrons. The van der Waals surface area contributed by atoms with Gasteiger partial charge in [0.1, 0.15) is 0 Å². The van der Waals surface area contributed by atoms with Gasteiger partial charge in [-0.3, -0.25) is 0 Å². The predicted octanol–water partition coefficient (Wildman–Crippen LogP) is -0.403. The summed E-state index contributed by atoms with van der Waals surface area (Å²) in [7, 11) is -3.87. The number of nitrogens with two attached hydrogens (primary N) is 1. The van der Waals surface area contributed by atoms with Crippen molar-refractivity contribution in [1.29, 1.82) is 0 Å². The molecule has 0 saturated heterocycles. The molecular weight excluding hydrogens is 156 g/mol. The van der Waals surface area contributed by atoms with E-state index in [4.69, 9.17) is 0 Å². The highest BCUT2D eigenvalue weighted by Gasteiger charge is 2.02. The van der Waals surface area contributed by atoms with Crippen molar-refractivity contribution in [3.8, 4) is 5.75 Å². The smallest absolute Gasteiger partial charge is 0.369 e. The number of hydrogen-bond donors (Lipinski definition) is 2. The highest BCUT2D eigenvalue weighted by molar-refractivity contribution is 7.84. The summed E-state index contributed by atoms with van der Waals surface area (Å²) in [6.07, 6.45) is 2.91. The molecule has 0 aliphatic carbocycles. The monoisotopic (exact) mass is 162 g/mol. The summed E-state index contributed by atoms with van der Waals surface area (Å²) >= 11 is 0. The van der Waals surface area contributed by atoms with E-state index in [2.05, 4.69) is 14.3 Å². The quantitative estimate of drug-likeness (QED) is 0.620. The fraction of sp³-hybridized carbons (Fsp3) is 0. The number of aromatic nitrogens is 1. The van der Waals surface area contributed by atoms with Gasteiger partial charge in [0.25, 0.3) is 0 Å². The molecule has 0 saturated carbocycles. The van der Waals surface area contributed by atoms with Crippen LogP contribution in [0, 0.1) is 0 Å². The van der Waals surface area contributed by atoms with Crippen LogP contribution < -0.4 is 9.32 Å². The van der Waals surface area contributed by atoms with Crippen molar-refractivity contribution in [2.45, 2.75) is 0 Å². The van der Waals surface area contributed by atoms with E-state index < -0.39 is 10.3 Å². The average molecular weight is 162 g/mol. The van der Waals surface area contributed by atoms with E-state index >= 15 is 0 Å². The summed E-state index contributed by atoms with van der Waals surface area (Å²) in [6, 6.07) is 1.45. The first-order chi connectivity index (χ1) is 4.58. The van der Waals surface area contributed by atoms with Gasteiger partial charge in [-0.05, 0) is 6.07 Å². The molecule has 56 valence electrons. The Labute approximate surface area is 58.1 Å². The molecule has 1 heterocycles. The lowest BCUT2D eigenvalue weighted by Gasteiger charge is -1.95. The Morgan fingerprint density at radius 3 is 2.70 bits per heavy atom. The minimum Gasteiger partial charge on any atom is -0.369 e. The lowest BCUT2D eigenvalue weighted by Crippen LogP contribution is -2.18. The lowest BCUT2D eigenvalue weighted by atomic mass is 10.6. The van der Waals surface area contributed by atoms with Crippen molar-refractivity contribution in [2.75, 3.05) is 0 Å². The third kappa shape index (κ3) is 2.08.